The zero-order valence-electron chi connectivity index (χ0n) is 11.4. The predicted octanol–water partition coefficient (Wildman–Crippen LogP) is 2.84. The Hall–Kier alpha value is -2.13. The van der Waals surface area contributed by atoms with E-state index in [4.69, 9.17) is 5.73 Å². The van der Waals surface area contributed by atoms with Crippen molar-refractivity contribution in [3.63, 3.8) is 0 Å². The van der Waals surface area contributed by atoms with Crippen LogP contribution in [0.5, 0.6) is 0 Å². The van der Waals surface area contributed by atoms with Gasteiger partial charge in [-0.1, -0.05) is 36.4 Å². The third-order valence-corrected chi connectivity index (χ3v) is 3.72. The largest absolute Gasteiger partial charge is 0.363 e. The Morgan fingerprint density at radius 3 is 2.90 bits per heavy atom. The smallest absolute Gasteiger partial charge is 0.0466 e. The number of benzene rings is 1. The SMILES string of the molecule is NC1CC(c2ccccc2)=C[C@@H](C2=CN=CC=CN2)C1. The average Bonchev–Trinajstić information content (AvgIpc) is 2.77. The van der Waals surface area contributed by atoms with E-state index in [1.165, 1.54) is 11.1 Å². The van der Waals surface area contributed by atoms with Crippen LogP contribution >= 0.6 is 0 Å². The van der Waals surface area contributed by atoms with Gasteiger partial charge in [-0.2, -0.15) is 0 Å². The highest BCUT2D eigenvalue weighted by Gasteiger charge is 2.23. The standard InChI is InChI=1S/C17H19N3/c18-16-10-14(13-5-2-1-3-6-13)9-15(11-16)17-12-19-7-4-8-20-17/h1-9,12,15-16,20H,10-11,18H2/t15-,16?/m1/s1. The molecule has 0 bridgehead atoms. The lowest BCUT2D eigenvalue weighted by Crippen LogP contribution is -2.29. The normalized spacial score (nSPS) is 25.4. The first-order valence-electron chi connectivity index (χ1n) is 6.99. The summed E-state index contributed by atoms with van der Waals surface area (Å²) in [6.07, 6.45) is 11.7. The van der Waals surface area contributed by atoms with Crippen LogP contribution in [0.15, 0.2) is 65.6 Å². The van der Waals surface area contributed by atoms with Gasteiger partial charge in [-0.15, -0.1) is 0 Å². The summed E-state index contributed by atoms with van der Waals surface area (Å²) in [5.74, 6) is 0.300. The summed E-state index contributed by atoms with van der Waals surface area (Å²) in [7, 11) is 0. The molecule has 1 aromatic carbocycles. The van der Waals surface area contributed by atoms with Gasteiger partial charge in [0.1, 0.15) is 0 Å². The molecule has 3 rings (SSSR count). The molecule has 2 atom stereocenters. The molecule has 0 saturated heterocycles. The van der Waals surface area contributed by atoms with Crippen LogP contribution in [-0.4, -0.2) is 12.3 Å². The van der Waals surface area contributed by atoms with Crippen LogP contribution < -0.4 is 11.1 Å². The van der Waals surface area contributed by atoms with Gasteiger partial charge in [0.05, 0.1) is 0 Å². The van der Waals surface area contributed by atoms with Crippen LogP contribution in [0.3, 0.4) is 0 Å². The molecule has 1 aliphatic heterocycles. The number of nitrogens with one attached hydrogen (secondary N) is 1. The van der Waals surface area contributed by atoms with Gasteiger partial charge in [-0.05, 0) is 30.1 Å². The average molecular weight is 265 g/mol. The fourth-order valence-corrected chi connectivity index (χ4v) is 2.75. The summed E-state index contributed by atoms with van der Waals surface area (Å²) in [5, 5.41) is 3.30. The topological polar surface area (TPSA) is 50.4 Å². The minimum absolute atomic E-state index is 0.194. The minimum atomic E-state index is 0.194. The Bertz CT molecular complexity index is 582. The molecule has 3 N–H and O–H groups in total. The minimum Gasteiger partial charge on any atom is -0.363 e. The Balaban J connectivity index is 1.90. The van der Waals surface area contributed by atoms with E-state index in [0.29, 0.717) is 5.92 Å². The second-order valence-corrected chi connectivity index (χ2v) is 5.25. The van der Waals surface area contributed by atoms with E-state index >= 15 is 0 Å². The van der Waals surface area contributed by atoms with Crippen molar-refractivity contribution >= 4 is 11.8 Å². The first-order valence-corrected chi connectivity index (χ1v) is 6.99. The molecular weight excluding hydrogens is 246 g/mol. The number of rotatable bonds is 2. The van der Waals surface area contributed by atoms with E-state index in [0.717, 1.165) is 18.5 Å². The van der Waals surface area contributed by atoms with Crippen molar-refractivity contribution in [1.82, 2.24) is 5.32 Å². The molecule has 102 valence electrons. The lowest BCUT2D eigenvalue weighted by atomic mass is 9.83. The van der Waals surface area contributed by atoms with Crippen molar-refractivity contribution in [2.24, 2.45) is 16.6 Å². The maximum Gasteiger partial charge on any atom is 0.0466 e. The van der Waals surface area contributed by atoms with E-state index in [9.17, 15) is 0 Å². The van der Waals surface area contributed by atoms with Crippen molar-refractivity contribution in [2.75, 3.05) is 0 Å². The van der Waals surface area contributed by atoms with Gasteiger partial charge in [0.2, 0.25) is 0 Å². The zero-order chi connectivity index (χ0) is 13.8. The number of nitrogens with two attached hydrogens (primary N) is 1. The maximum absolute atomic E-state index is 6.25. The van der Waals surface area contributed by atoms with E-state index < -0.39 is 0 Å². The van der Waals surface area contributed by atoms with Crippen molar-refractivity contribution in [1.29, 1.82) is 0 Å². The second-order valence-electron chi connectivity index (χ2n) is 5.25. The molecule has 1 heterocycles. The highest BCUT2D eigenvalue weighted by Crippen LogP contribution is 2.32. The lowest BCUT2D eigenvalue weighted by molar-refractivity contribution is 0.520. The predicted molar refractivity (Wildman–Crippen MR) is 84.0 cm³/mol. The van der Waals surface area contributed by atoms with Gasteiger partial charge in [0.15, 0.2) is 0 Å². The van der Waals surface area contributed by atoms with E-state index in [2.05, 4.69) is 40.7 Å². The van der Waals surface area contributed by atoms with Crippen LogP contribution in [-0.2, 0) is 0 Å². The van der Waals surface area contributed by atoms with Gasteiger partial charge in [0.25, 0.3) is 0 Å². The number of nitrogens with zero attached hydrogens (tertiary/aromatic N) is 1. The summed E-state index contributed by atoms with van der Waals surface area (Å²) in [6.45, 7) is 0. The number of allylic oxidation sites excluding steroid dienone is 2. The Morgan fingerprint density at radius 1 is 1.20 bits per heavy atom. The molecule has 0 amide bonds. The Labute approximate surface area is 119 Å². The fourth-order valence-electron chi connectivity index (χ4n) is 2.75. The quantitative estimate of drug-likeness (QED) is 0.864. The van der Waals surface area contributed by atoms with Gasteiger partial charge in [0, 0.05) is 36.3 Å². The van der Waals surface area contributed by atoms with E-state index in [-0.39, 0.29) is 6.04 Å². The molecule has 1 aromatic rings. The fraction of sp³-hybridized carbons (Fsp3) is 0.235. The monoisotopic (exact) mass is 265 g/mol. The van der Waals surface area contributed by atoms with Crippen molar-refractivity contribution in [3.8, 4) is 0 Å². The first kappa shape index (κ1) is 12.9. The van der Waals surface area contributed by atoms with Crippen LogP contribution in [0, 0.1) is 5.92 Å². The number of hydrogen-bond acceptors (Lipinski definition) is 3. The molecule has 0 fully saturated rings. The van der Waals surface area contributed by atoms with E-state index in [1.54, 1.807) is 6.21 Å². The van der Waals surface area contributed by atoms with Gasteiger partial charge >= 0.3 is 0 Å². The lowest BCUT2D eigenvalue weighted by Gasteiger charge is -2.27. The summed E-state index contributed by atoms with van der Waals surface area (Å²) >= 11 is 0. The molecule has 1 aliphatic carbocycles. The van der Waals surface area contributed by atoms with Crippen molar-refractivity contribution in [2.45, 2.75) is 18.9 Å². The summed E-state index contributed by atoms with van der Waals surface area (Å²) in [5.41, 5.74) is 9.95. The number of aliphatic imine (C=N–C) groups is 1. The molecule has 0 spiro atoms. The molecule has 0 saturated carbocycles. The molecule has 1 unspecified atom stereocenters. The summed E-state index contributed by atoms with van der Waals surface area (Å²) in [4.78, 5) is 4.24. The van der Waals surface area contributed by atoms with Gasteiger partial charge in [-0.25, -0.2) is 0 Å². The summed E-state index contributed by atoms with van der Waals surface area (Å²) in [6, 6.07) is 10.7. The molecule has 20 heavy (non-hydrogen) atoms. The van der Waals surface area contributed by atoms with Crippen LogP contribution in [0.1, 0.15) is 18.4 Å². The Kier molecular flexibility index (Phi) is 3.79. The number of hydrogen-bond donors (Lipinski definition) is 2. The van der Waals surface area contributed by atoms with Gasteiger partial charge < -0.3 is 11.1 Å². The first-order chi connectivity index (χ1) is 9.83. The molecule has 2 aliphatic rings. The second kappa shape index (κ2) is 5.88. The third kappa shape index (κ3) is 2.89. The Morgan fingerprint density at radius 2 is 2.05 bits per heavy atom. The molecule has 0 radical (unpaired) electrons. The highest BCUT2D eigenvalue weighted by atomic mass is 14.9. The zero-order valence-corrected chi connectivity index (χ0v) is 11.4. The molecule has 3 heteroatoms. The molecular formula is C17H19N3. The van der Waals surface area contributed by atoms with Gasteiger partial charge in [-0.3, -0.25) is 4.99 Å². The van der Waals surface area contributed by atoms with Crippen molar-refractivity contribution in [3.05, 3.63) is 66.1 Å². The molecule has 3 nitrogen and oxygen atoms in total. The molecule has 0 aromatic heterocycles. The van der Waals surface area contributed by atoms with E-state index in [1.807, 2.05) is 24.5 Å². The van der Waals surface area contributed by atoms with Crippen LogP contribution in [0.25, 0.3) is 5.57 Å². The highest BCUT2D eigenvalue weighted by molar-refractivity contribution is 5.72. The van der Waals surface area contributed by atoms with Crippen LogP contribution in [0.4, 0.5) is 0 Å². The third-order valence-electron chi connectivity index (χ3n) is 3.72. The maximum atomic E-state index is 6.25. The van der Waals surface area contributed by atoms with Crippen LogP contribution in [0.2, 0.25) is 0 Å². The van der Waals surface area contributed by atoms with Crippen molar-refractivity contribution < 1.29 is 0 Å². The summed E-state index contributed by atoms with van der Waals surface area (Å²) < 4.78 is 0.